The molecule has 0 unspecified atom stereocenters. The van der Waals surface area contributed by atoms with E-state index in [1.807, 2.05) is 6.07 Å². The molecular weight excluding hydrogens is 180 g/mol. The predicted octanol–water partition coefficient (Wildman–Crippen LogP) is 1.02. The third kappa shape index (κ3) is 3.04. The van der Waals surface area contributed by atoms with Crippen LogP contribution in [-0.4, -0.2) is 23.3 Å². The van der Waals surface area contributed by atoms with Crippen molar-refractivity contribution in [3.63, 3.8) is 0 Å². The van der Waals surface area contributed by atoms with E-state index < -0.39 is 0 Å². The maximum absolute atomic E-state index is 8.68. The molecule has 4 nitrogen and oxygen atoms in total. The van der Waals surface area contributed by atoms with Crippen LogP contribution in [0.5, 0.6) is 5.88 Å². The van der Waals surface area contributed by atoms with Crippen LogP contribution < -0.4 is 4.74 Å². The first-order valence-electron chi connectivity index (χ1n) is 4.38. The maximum atomic E-state index is 8.68. The molecule has 0 aliphatic rings. The van der Waals surface area contributed by atoms with E-state index in [2.05, 4.69) is 4.98 Å². The Morgan fingerprint density at radius 2 is 2.36 bits per heavy atom. The van der Waals surface area contributed by atoms with Gasteiger partial charge in [0.25, 0.3) is 0 Å². The van der Waals surface area contributed by atoms with Crippen molar-refractivity contribution >= 4 is 0 Å². The summed E-state index contributed by atoms with van der Waals surface area (Å²) in [6.07, 6.45) is 0.567. The fourth-order valence-electron chi connectivity index (χ4n) is 1.02. The van der Waals surface area contributed by atoms with Crippen molar-refractivity contribution < 1.29 is 9.84 Å². The second-order valence-electron chi connectivity index (χ2n) is 2.87. The second kappa shape index (κ2) is 5.20. The summed E-state index contributed by atoms with van der Waals surface area (Å²) in [6, 6.07) is 5.31. The molecule has 0 aliphatic heterocycles. The van der Waals surface area contributed by atoms with Gasteiger partial charge in [0.05, 0.1) is 18.2 Å². The van der Waals surface area contributed by atoms with E-state index in [-0.39, 0.29) is 6.61 Å². The molecule has 0 saturated carbocycles. The zero-order valence-corrected chi connectivity index (χ0v) is 8.03. The van der Waals surface area contributed by atoms with Crippen molar-refractivity contribution in [2.24, 2.45) is 0 Å². The Kier molecular flexibility index (Phi) is 3.89. The number of aliphatic hydroxyl groups excluding tert-OH is 1. The van der Waals surface area contributed by atoms with E-state index >= 15 is 0 Å². The molecule has 0 saturated heterocycles. The number of nitriles is 1. The summed E-state index contributed by atoms with van der Waals surface area (Å²) in [7, 11) is 0. The first-order valence-corrected chi connectivity index (χ1v) is 4.38. The molecule has 0 aliphatic carbocycles. The number of aromatic nitrogens is 1. The lowest BCUT2D eigenvalue weighted by Gasteiger charge is -2.04. The topological polar surface area (TPSA) is 66.1 Å². The minimum absolute atomic E-state index is 0.0942. The van der Waals surface area contributed by atoms with E-state index in [4.69, 9.17) is 15.1 Å². The molecule has 1 rings (SSSR count). The molecule has 0 bridgehead atoms. The summed E-state index contributed by atoms with van der Waals surface area (Å²) in [5.74, 6) is 0.440. The molecule has 0 atom stereocenters. The van der Waals surface area contributed by atoms with Crippen molar-refractivity contribution in [1.29, 1.82) is 5.26 Å². The largest absolute Gasteiger partial charge is 0.478 e. The van der Waals surface area contributed by atoms with Gasteiger partial charge < -0.3 is 9.84 Å². The Labute approximate surface area is 82.8 Å². The number of hydrogen-bond acceptors (Lipinski definition) is 4. The predicted molar refractivity (Wildman–Crippen MR) is 50.9 cm³/mol. The molecule has 1 heterocycles. The van der Waals surface area contributed by atoms with Crippen LogP contribution in [0.25, 0.3) is 0 Å². The minimum atomic E-state index is 0.0942. The van der Waals surface area contributed by atoms with Crippen LogP contribution in [0.15, 0.2) is 12.1 Å². The normalized spacial score (nSPS) is 9.50. The molecule has 0 radical (unpaired) electrons. The molecular formula is C10H12N2O2. The summed E-state index contributed by atoms with van der Waals surface area (Å²) in [5, 5.41) is 17.2. The van der Waals surface area contributed by atoms with E-state index in [1.165, 1.54) is 0 Å². The van der Waals surface area contributed by atoms with Gasteiger partial charge in [-0.2, -0.15) is 5.26 Å². The average Bonchev–Trinajstić information content (AvgIpc) is 2.17. The van der Waals surface area contributed by atoms with Crippen LogP contribution in [0.4, 0.5) is 0 Å². The fourth-order valence-corrected chi connectivity index (χ4v) is 1.02. The molecule has 74 valence electrons. The highest BCUT2D eigenvalue weighted by Gasteiger charge is 2.00. The number of aliphatic hydroxyl groups is 1. The molecule has 1 aromatic heterocycles. The van der Waals surface area contributed by atoms with Gasteiger partial charge in [-0.1, -0.05) is 0 Å². The van der Waals surface area contributed by atoms with Crippen molar-refractivity contribution in [2.75, 3.05) is 13.2 Å². The molecule has 0 amide bonds. The number of hydrogen-bond donors (Lipinski definition) is 1. The highest BCUT2D eigenvalue weighted by molar-refractivity contribution is 5.33. The van der Waals surface area contributed by atoms with E-state index in [1.54, 1.807) is 19.1 Å². The Morgan fingerprint density at radius 3 is 3.00 bits per heavy atom. The zero-order chi connectivity index (χ0) is 10.4. The van der Waals surface area contributed by atoms with Gasteiger partial charge in [-0.05, 0) is 13.0 Å². The van der Waals surface area contributed by atoms with Gasteiger partial charge in [0.2, 0.25) is 5.88 Å². The molecule has 0 spiro atoms. The van der Waals surface area contributed by atoms with Crippen LogP contribution in [0.1, 0.15) is 17.7 Å². The highest BCUT2D eigenvalue weighted by Crippen LogP contribution is 2.11. The van der Waals surface area contributed by atoms with Crippen LogP contribution in [0, 0.1) is 18.3 Å². The molecule has 4 heteroatoms. The van der Waals surface area contributed by atoms with E-state index in [0.717, 1.165) is 5.69 Å². The van der Waals surface area contributed by atoms with Crippen molar-refractivity contribution in [1.82, 2.24) is 4.98 Å². The Bertz CT molecular complexity index is 344. The summed E-state index contributed by atoms with van der Waals surface area (Å²) in [6.45, 7) is 2.31. The number of nitrogens with zero attached hydrogens (tertiary/aromatic N) is 2. The van der Waals surface area contributed by atoms with Gasteiger partial charge >= 0.3 is 0 Å². The third-order valence-corrected chi connectivity index (χ3v) is 1.61. The average molecular weight is 192 g/mol. The van der Waals surface area contributed by atoms with Crippen LogP contribution in [-0.2, 0) is 0 Å². The number of pyridine rings is 1. The number of rotatable bonds is 4. The first-order chi connectivity index (χ1) is 6.76. The Balaban J connectivity index is 2.68. The number of aryl methyl sites for hydroxylation is 1. The monoisotopic (exact) mass is 192 g/mol. The van der Waals surface area contributed by atoms with Gasteiger partial charge in [-0.15, -0.1) is 0 Å². The van der Waals surface area contributed by atoms with Gasteiger partial charge in [-0.3, -0.25) is 0 Å². The standard InChI is InChI=1S/C10H12N2O2/c1-8-5-9(7-11)6-10(12-8)14-4-2-3-13/h5-6,13H,2-4H2,1H3. The third-order valence-electron chi connectivity index (χ3n) is 1.61. The van der Waals surface area contributed by atoms with Crippen LogP contribution in [0.3, 0.4) is 0 Å². The SMILES string of the molecule is Cc1cc(C#N)cc(OCCCO)n1. The Hall–Kier alpha value is -1.60. The first kappa shape index (κ1) is 10.5. The Morgan fingerprint density at radius 1 is 1.57 bits per heavy atom. The molecule has 14 heavy (non-hydrogen) atoms. The molecule has 0 fully saturated rings. The van der Waals surface area contributed by atoms with Crippen LogP contribution in [0.2, 0.25) is 0 Å². The minimum Gasteiger partial charge on any atom is -0.478 e. The van der Waals surface area contributed by atoms with Gasteiger partial charge in [0.15, 0.2) is 0 Å². The zero-order valence-electron chi connectivity index (χ0n) is 8.03. The van der Waals surface area contributed by atoms with Crippen molar-refractivity contribution in [3.05, 3.63) is 23.4 Å². The summed E-state index contributed by atoms with van der Waals surface area (Å²) < 4.78 is 5.25. The van der Waals surface area contributed by atoms with Crippen molar-refractivity contribution in [2.45, 2.75) is 13.3 Å². The fraction of sp³-hybridized carbons (Fsp3) is 0.400. The summed E-state index contributed by atoms with van der Waals surface area (Å²) in [4.78, 5) is 4.10. The van der Waals surface area contributed by atoms with E-state index in [0.29, 0.717) is 24.5 Å². The molecule has 0 aromatic carbocycles. The van der Waals surface area contributed by atoms with Crippen molar-refractivity contribution in [3.8, 4) is 11.9 Å². The lowest BCUT2D eigenvalue weighted by Crippen LogP contribution is -2.02. The molecule has 1 N–H and O–H groups in total. The highest BCUT2D eigenvalue weighted by atomic mass is 16.5. The van der Waals surface area contributed by atoms with Gasteiger partial charge in [-0.25, -0.2) is 4.98 Å². The summed E-state index contributed by atoms with van der Waals surface area (Å²) in [5.41, 5.74) is 1.29. The lowest BCUT2D eigenvalue weighted by molar-refractivity contribution is 0.229. The smallest absolute Gasteiger partial charge is 0.214 e. The maximum Gasteiger partial charge on any atom is 0.214 e. The van der Waals surface area contributed by atoms with E-state index in [9.17, 15) is 0 Å². The van der Waals surface area contributed by atoms with Crippen LogP contribution >= 0.6 is 0 Å². The van der Waals surface area contributed by atoms with Gasteiger partial charge in [0.1, 0.15) is 0 Å². The molecule has 1 aromatic rings. The number of ether oxygens (including phenoxy) is 1. The quantitative estimate of drug-likeness (QED) is 0.723. The summed E-state index contributed by atoms with van der Waals surface area (Å²) >= 11 is 0. The lowest BCUT2D eigenvalue weighted by atomic mass is 10.2. The second-order valence-corrected chi connectivity index (χ2v) is 2.87. The van der Waals surface area contributed by atoms with Gasteiger partial charge in [0, 0.05) is 24.8 Å².